The number of rotatable bonds is 3. The summed E-state index contributed by atoms with van der Waals surface area (Å²) in [5.74, 6) is 0.637. The van der Waals surface area contributed by atoms with E-state index in [1.165, 1.54) is 11.8 Å². The molecule has 23 heavy (non-hydrogen) atoms. The van der Waals surface area contributed by atoms with E-state index >= 15 is 0 Å². The fraction of sp³-hybridized carbons (Fsp3) is 0.0588. The molecule has 0 aromatic heterocycles. The molecule has 4 nitrogen and oxygen atoms in total. The van der Waals surface area contributed by atoms with E-state index in [9.17, 15) is 4.79 Å². The Bertz CT molecular complexity index is 783. The number of aliphatic imine (C=N–C) groups is 1. The Morgan fingerprint density at radius 2 is 1.83 bits per heavy atom. The van der Waals surface area contributed by atoms with Crippen LogP contribution in [-0.2, 0) is 4.79 Å². The Morgan fingerprint density at radius 3 is 2.48 bits per heavy atom. The van der Waals surface area contributed by atoms with Gasteiger partial charge in [-0.1, -0.05) is 28.1 Å². The number of amides is 1. The number of halogens is 1. The first-order valence-corrected chi connectivity index (χ1v) is 8.44. The molecule has 0 aliphatic carbocycles. The fourth-order valence-electron chi connectivity index (χ4n) is 1.96. The molecule has 1 saturated heterocycles. The smallest absolute Gasteiger partial charge is 0.264 e. The largest absolute Gasteiger partial charge is 0.497 e. The number of ether oxygens (including phenoxy) is 1. The molecule has 0 spiro atoms. The number of hydrogen-bond acceptors (Lipinski definition) is 4. The number of carbonyl (C=O) groups excluding carboxylic acids is 1. The van der Waals surface area contributed by atoms with Crippen molar-refractivity contribution in [3.05, 3.63) is 63.5 Å². The van der Waals surface area contributed by atoms with Gasteiger partial charge in [0.2, 0.25) is 0 Å². The van der Waals surface area contributed by atoms with Gasteiger partial charge in [0.25, 0.3) is 5.91 Å². The average molecular weight is 389 g/mol. The van der Waals surface area contributed by atoms with Crippen molar-refractivity contribution < 1.29 is 9.53 Å². The van der Waals surface area contributed by atoms with Crippen molar-refractivity contribution >= 4 is 50.5 Å². The van der Waals surface area contributed by atoms with Crippen molar-refractivity contribution in [1.82, 2.24) is 5.32 Å². The monoisotopic (exact) mass is 388 g/mol. The van der Waals surface area contributed by atoms with Crippen molar-refractivity contribution in [2.45, 2.75) is 0 Å². The van der Waals surface area contributed by atoms with Crippen molar-refractivity contribution in [2.24, 2.45) is 4.99 Å². The lowest BCUT2D eigenvalue weighted by Crippen LogP contribution is -2.19. The van der Waals surface area contributed by atoms with Gasteiger partial charge in [-0.2, -0.15) is 0 Å². The summed E-state index contributed by atoms with van der Waals surface area (Å²) >= 11 is 4.72. The summed E-state index contributed by atoms with van der Waals surface area (Å²) in [5, 5.41) is 3.35. The van der Waals surface area contributed by atoms with Gasteiger partial charge < -0.3 is 10.1 Å². The summed E-state index contributed by atoms with van der Waals surface area (Å²) in [6.07, 6.45) is 1.85. The third-order valence-corrected chi connectivity index (χ3v) is 4.56. The molecule has 1 N–H and O–H groups in total. The number of amidine groups is 1. The van der Waals surface area contributed by atoms with Crippen LogP contribution in [0.2, 0.25) is 0 Å². The Hall–Kier alpha value is -2.05. The van der Waals surface area contributed by atoms with Crippen LogP contribution in [0.4, 0.5) is 5.69 Å². The van der Waals surface area contributed by atoms with Crippen LogP contribution in [0.15, 0.2) is 62.9 Å². The first-order chi connectivity index (χ1) is 11.1. The van der Waals surface area contributed by atoms with Crippen LogP contribution >= 0.6 is 27.7 Å². The highest BCUT2D eigenvalue weighted by Gasteiger charge is 2.23. The zero-order valence-corrected chi connectivity index (χ0v) is 14.6. The number of carbonyl (C=O) groups is 1. The molecule has 0 saturated carbocycles. The summed E-state index contributed by atoms with van der Waals surface area (Å²) in [6.45, 7) is 0. The minimum Gasteiger partial charge on any atom is -0.497 e. The third-order valence-electron chi connectivity index (χ3n) is 3.12. The predicted octanol–water partition coefficient (Wildman–Crippen LogP) is 4.35. The maximum absolute atomic E-state index is 12.0. The maximum Gasteiger partial charge on any atom is 0.264 e. The van der Waals surface area contributed by atoms with E-state index in [4.69, 9.17) is 4.74 Å². The molecule has 3 rings (SSSR count). The van der Waals surface area contributed by atoms with Gasteiger partial charge in [0.05, 0.1) is 17.7 Å². The normalized spacial score (nSPS) is 17.6. The van der Waals surface area contributed by atoms with Gasteiger partial charge in [0.15, 0.2) is 5.17 Å². The van der Waals surface area contributed by atoms with Gasteiger partial charge in [-0.3, -0.25) is 4.79 Å². The van der Waals surface area contributed by atoms with Crippen molar-refractivity contribution in [2.75, 3.05) is 7.11 Å². The van der Waals surface area contributed by atoms with Gasteiger partial charge in [-0.05, 0) is 59.8 Å². The van der Waals surface area contributed by atoms with E-state index in [0.717, 1.165) is 21.5 Å². The summed E-state index contributed by atoms with van der Waals surface area (Å²) in [4.78, 5) is 17.1. The molecule has 116 valence electrons. The number of methoxy groups -OCH3 is 1. The lowest BCUT2D eigenvalue weighted by Gasteiger charge is -1.99. The minimum absolute atomic E-state index is 0.134. The Balaban J connectivity index is 1.78. The molecule has 1 aliphatic rings. The van der Waals surface area contributed by atoms with Crippen LogP contribution in [0.25, 0.3) is 6.08 Å². The van der Waals surface area contributed by atoms with E-state index in [1.807, 2.05) is 54.6 Å². The number of nitrogens with zero attached hydrogens (tertiary/aromatic N) is 1. The van der Waals surface area contributed by atoms with Crippen molar-refractivity contribution in [3.63, 3.8) is 0 Å². The minimum atomic E-state index is -0.134. The standard InChI is InChI=1S/C17H13BrN2O2S/c1-22-14-8-6-13(7-9-14)19-17-20-16(21)15(23-17)10-11-2-4-12(18)5-3-11/h2-10H,1H3,(H,19,20,21). The zero-order chi connectivity index (χ0) is 16.2. The quantitative estimate of drug-likeness (QED) is 0.795. The first kappa shape index (κ1) is 15.8. The van der Waals surface area contributed by atoms with Gasteiger partial charge in [0, 0.05) is 4.47 Å². The number of thioether (sulfide) groups is 1. The molecular weight excluding hydrogens is 376 g/mol. The molecule has 0 bridgehead atoms. The second-order valence-electron chi connectivity index (χ2n) is 4.73. The SMILES string of the molecule is COc1ccc(N=C2NC(=O)C(=Cc3ccc(Br)cc3)S2)cc1. The molecule has 1 amide bonds. The van der Waals surface area contributed by atoms with Crippen LogP contribution in [0.5, 0.6) is 5.75 Å². The van der Waals surface area contributed by atoms with Gasteiger partial charge in [-0.15, -0.1) is 0 Å². The van der Waals surface area contributed by atoms with E-state index in [0.29, 0.717) is 10.1 Å². The van der Waals surface area contributed by atoms with Crippen LogP contribution in [0, 0.1) is 0 Å². The van der Waals surface area contributed by atoms with Gasteiger partial charge in [0.1, 0.15) is 5.75 Å². The summed E-state index contributed by atoms with van der Waals surface area (Å²) in [5.41, 5.74) is 1.73. The van der Waals surface area contributed by atoms with Crippen LogP contribution in [0.3, 0.4) is 0 Å². The molecule has 1 fully saturated rings. The lowest BCUT2D eigenvalue weighted by molar-refractivity contribution is -0.115. The average Bonchev–Trinajstić information content (AvgIpc) is 2.90. The topological polar surface area (TPSA) is 50.7 Å². The molecular formula is C17H13BrN2O2S. The lowest BCUT2D eigenvalue weighted by atomic mass is 10.2. The highest BCUT2D eigenvalue weighted by Crippen LogP contribution is 2.28. The highest BCUT2D eigenvalue weighted by molar-refractivity contribution is 9.10. The predicted molar refractivity (Wildman–Crippen MR) is 97.9 cm³/mol. The van der Waals surface area contributed by atoms with E-state index in [2.05, 4.69) is 26.2 Å². The van der Waals surface area contributed by atoms with Gasteiger partial charge in [-0.25, -0.2) is 4.99 Å². The Kier molecular flexibility index (Phi) is 4.83. The number of nitrogens with one attached hydrogen (secondary N) is 1. The number of hydrogen-bond donors (Lipinski definition) is 1. The highest BCUT2D eigenvalue weighted by atomic mass is 79.9. The van der Waals surface area contributed by atoms with Crippen LogP contribution in [-0.4, -0.2) is 18.2 Å². The molecule has 6 heteroatoms. The maximum atomic E-state index is 12.0. The molecule has 1 aliphatic heterocycles. The van der Waals surface area contributed by atoms with E-state index in [-0.39, 0.29) is 5.91 Å². The first-order valence-electron chi connectivity index (χ1n) is 6.83. The zero-order valence-electron chi connectivity index (χ0n) is 12.2. The Morgan fingerprint density at radius 1 is 1.13 bits per heavy atom. The van der Waals surface area contributed by atoms with Crippen molar-refractivity contribution in [1.29, 1.82) is 0 Å². The summed E-state index contributed by atoms with van der Waals surface area (Å²) in [6, 6.07) is 15.1. The number of benzene rings is 2. The second-order valence-corrected chi connectivity index (χ2v) is 6.68. The molecule has 1 heterocycles. The molecule has 2 aromatic carbocycles. The summed E-state index contributed by atoms with van der Waals surface area (Å²) in [7, 11) is 1.62. The fourth-order valence-corrected chi connectivity index (χ4v) is 3.07. The van der Waals surface area contributed by atoms with Crippen LogP contribution < -0.4 is 10.1 Å². The third kappa shape index (κ3) is 4.03. The molecule has 2 aromatic rings. The van der Waals surface area contributed by atoms with E-state index in [1.54, 1.807) is 7.11 Å². The van der Waals surface area contributed by atoms with Gasteiger partial charge >= 0.3 is 0 Å². The molecule has 0 atom stereocenters. The Labute approximate surface area is 146 Å². The molecule has 0 unspecified atom stereocenters. The van der Waals surface area contributed by atoms with Crippen molar-refractivity contribution in [3.8, 4) is 5.75 Å². The van der Waals surface area contributed by atoms with E-state index < -0.39 is 0 Å². The van der Waals surface area contributed by atoms with Crippen LogP contribution in [0.1, 0.15) is 5.56 Å². The summed E-state index contributed by atoms with van der Waals surface area (Å²) < 4.78 is 6.12. The second kappa shape index (κ2) is 7.02. The molecule has 0 radical (unpaired) electrons.